The predicted molar refractivity (Wildman–Crippen MR) is 86.8 cm³/mol. The van der Waals surface area contributed by atoms with Gasteiger partial charge in [0.1, 0.15) is 5.75 Å². The van der Waals surface area contributed by atoms with Crippen LogP contribution >= 0.6 is 0 Å². The van der Waals surface area contributed by atoms with Crippen LogP contribution in [0.2, 0.25) is 0 Å². The molecule has 1 fully saturated rings. The highest BCUT2D eigenvalue weighted by Crippen LogP contribution is 2.31. The first kappa shape index (κ1) is 16.3. The Labute approximate surface area is 129 Å². The van der Waals surface area contributed by atoms with E-state index in [1.807, 2.05) is 0 Å². The van der Waals surface area contributed by atoms with E-state index in [-0.39, 0.29) is 0 Å². The van der Waals surface area contributed by atoms with Gasteiger partial charge in [-0.25, -0.2) is 0 Å². The Bertz CT molecular complexity index is 433. The van der Waals surface area contributed by atoms with Gasteiger partial charge in [0.05, 0.1) is 12.7 Å². The van der Waals surface area contributed by atoms with Gasteiger partial charge in [0.2, 0.25) is 0 Å². The molecular formula is C18H29NO2. The van der Waals surface area contributed by atoms with E-state index in [1.54, 1.807) is 7.11 Å². The summed E-state index contributed by atoms with van der Waals surface area (Å²) in [6.07, 6.45) is 5.39. The second kappa shape index (κ2) is 8.40. The highest BCUT2D eigenvalue weighted by Gasteiger charge is 2.21. The normalized spacial score (nSPS) is 22.2. The molecule has 0 bridgehead atoms. The molecule has 2 atom stereocenters. The molecule has 1 aliphatic carbocycles. The number of methoxy groups -OCH3 is 1. The van der Waals surface area contributed by atoms with Gasteiger partial charge in [-0.2, -0.15) is 0 Å². The Balaban J connectivity index is 1.99. The van der Waals surface area contributed by atoms with Crippen molar-refractivity contribution in [2.75, 3.05) is 20.3 Å². The van der Waals surface area contributed by atoms with Crippen molar-refractivity contribution in [2.45, 2.75) is 52.2 Å². The monoisotopic (exact) mass is 291 g/mol. The first-order chi connectivity index (χ1) is 10.2. The van der Waals surface area contributed by atoms with Gasteiger partial charge in [0.15, 0.2) is 0 Å². The van der Waals surface area contributed by atoms with Crippen molar-refractivity contribution in [3.8, 4) is 5.75 Å². The van der Waals surface area contributed by atoms with E-state index in [4.69, 9.17) is 9.47 Å². The van der Waals surface area contributed by atoms with Gasteiger partial charge in [-0.1, -0.05) is 31.5 Å². The van der Waals surface area contributed by atoms with Crippen molar-refractivity contribution >= 4 is 0 Å². The van der Waals surface area contributed by atoms with E-state index in [0.29, 0.717) is 6.10 Å². The zero-order valence-electron chi connectivity index (χ0n) is 13.7. The van der Waals surface area contributed by atoms with Crippen molar-refractivity contribution in [3.63, 3.8) is 0 Å². The van der Waals surface area contributed by atoms with Gasteiger partial charge >= 0.3 is 0 Å². The van der Waals surface area contributed by atoms with Gasteiger partial charge in [0, 0.05) is 25.8 Å². The molecule has 1 N–H and O–H groups in total. The van der Waals surface area contributed by atoms with Gasteiger partial charge < -0.3 is 14.8 Å². The Morgan fingerprint density at radius 2 is 2.14 bits per heavy atom. The molecule has 118 valence electrons. The Morgan fingerprint density at radius 1 is 1.29 bits per heavy atom. The molecule has 1 aliphatic rings. The van der Waals surface area contributed by atoms with Crippen LogP contribution in [-0.4, -0.2) is 26.4 Å². The number of rotatable bonds is 7. The highest BCUT2D eigenvalue weighted by molar-refractivity contribution is 5.41. The quantitative estimate of drug-likeness (QED) is 0.777. The van der Waals surface area contributed by atoms with Crippen LogP contribution < -0.4 is 10.1 Å². The van der Waals surface area contributed by atoms with Crippen LogP contribution in [0.5, 0.6) is 5.75 Å². The third-order valence-corrected chi connectivity index (χ3v) is 4.26. The van der Waals surface area contributed by atoms with Crippen LogP contribution in [0.1, 0.15) is 43.7 Å². The lowest BCUT2D eigenvalue weighted by molar-refractivity contribution is 0.127. The molecule has 0 amide bonds. The summed E-state index contributed by atoms with van der Waals surface area (Å²) < 4.78 is 11.4. The summed E-state index contributed by atoms with van der Waals surface area (Å²) in [6.45, 7) is 6.91. The van der Waals surface area contributed by atoms with Crippen molar-refractivity contribution < 1.29 is 9.47 Å². The largest absolute Gasteiger partial charge is 0.490 e. The van der Waals surface area contributed by atoms with Gasteiger partial charge in [0.25, 0.3) is 0 Å². The molecule has 2 rings (SSSR count). The second-order valence-electron chi connectivity index (χ2n) is 6.24. The summed E-state index contributed by atoms with van der Waals surface area (Å²) in [4.78, 5) is 0. The van der Waals surface area contributed by atoms with Crippen molar-refractivity contribution in [2.24, 2.45) is 5.92 Å². The molecule has 0 heterocycles. The molecule has 1 aromatic rings. The fourth-order valence-electron chi connectivity index (χ4n) is 3.07. The van der Waals surface area contributed by atoms with Crippen molar-refractivity contribution in [1.29, 1.82) is 0 Å². The van der Waals surface area contributed by atoms with Crippen LogP contribution in [0.3, 0.4) is 0 Å². The smallest absolute Gasteiger partial charge is 0.127 e. The van der Waals surface area contributed by atoms with E-state index in [0.717, 1.165) is 31.4 Å². The SMILES string of the molecule is COCCNCc1cccc(C)c1OC1CCCC(C)C1. The molecule has 0 aliphatic heterocycles. The molecule has 0 radical (unpaired) electrons. The summed E-state index contributed by atoms with van der Waals surface area (Å²) in [5.41, 5.74) is 2.49. The Hall–Kier alpha value is -1.06. The molecule has 3 nitrogen and oxygen atoms in total. The summed E-state index contributed by atoms with van der Waals surface area (Å²) >= 11 is 0. The third-order valence-electron chi connectivity index (χ3n) is 4.26. The van der Waals surface area contributed by atoms with Crippen LogP contribution in [0, 0.1) is 12.8 Å². The topological polar surface area (TPSA) is 30.5 Å². The molecule has 0 saturated heterocycles. The molecule has 0 aromatic heterocycles. The molecule has 21 heavy (non-hydrogen) atoms. The van der Waals surface area contributed by atoms with E-state index in [9.17, 15) is 0 Å². The van der Waals surface area contributed by atoms with Crippen LogP contribution in [0.4, 0.5) is 0 Å². The maximum atomic E-state index is 6.37. The maximum Gasteiger partial charge on any atom is 0.127 e. The van der Waals surface area contributed by atoms with Crippen molar-refractivity contribution in [1.82, 2.24) is 5.32 Å². The number of hydrogen-bond donors (Lipinski definition) is 1. The lowest BCUT2D eigenvalue weighted by atomic mass is 9.88. The maximum absolute atomic E-state index is 6.37. The van der Waals surface area contributed by atoms with Crippen LogP contribution in [0.15, 0.2) is 18.2 Å². The van der Waals surface area contributed by atoms with Gasteiger partial charge in [-0.15, -0.1) is 0 Å². The molecule has 3 heteroatoms. The Morgan fingerprint density at radius 3 is 2.90 bits per heavy atom. The van der Waals surface area contributed by atoms with E-state index in [1.165, 1.54) is 36.8 Å². The minimum absolute atomic E-state index is 0.382. The molecular weight excluding hydrogens is 262 g/mol. The first-order valence-corrected chi connectivity index (χ1v) is 8.15. The van der Waals surface area contributed by atoms with E-state index < -0.39 is 0 Å². The average Bonchev–Trinajstić information content (AvgIpc) is 2.47. The lowest BCUT2D eigenvalue weighted by Crippen LogP contribution is -2.25. The summed E-state index contributed by atoms with van der Waals surface area (Å²) in [5, 5.41) is 3.41. The summed E-state index contributed by atoms with van der Waals surface area (Å²) in [5.74, 6) is 1.87. The lowest BCUT2D eigenvalue weighted by Gasteiger charge is -2.29. The minimum Gasteiger partial charge on any atom is -0.490 e. The van der Waals surface area contributed by atoms with Crippen LogP contribution in [0.25, 0.3) is 0 Å². The van der Waals surface area contributed by atoms with Crippen LogP contribution in [-0.2, 0) is 11.3 Å². The van der Waals surface area contributed by atoms with E-state index >= 15 is 0 Å². The molecule has 0 spiro atoms. The first-order valence-electron chi connectivity index (χ1n) is 8.15. The Kier molecular flexibility index (Phi) is 6.52. The summed E-state index contributed by atoms with van der Waals surface area (Å²) in [7, 11) is 1.73. The third kappa shape index (κ3) is 5.01. The van der Waals surface area contributed by atoms with Gasteiger partial charge in [-0.05, 0) is 37.7 Å². The summed E-state index contributed by atoms with van der Waals surface area (Å²) in [6, 6.07) is 6.41. The molecule has 1 aromatic carbocycles. The average molecular weight is 291 g/mol. The fraction of sp³-hybridized carbons (Fsp3) is 0.667. The molecule has 2 unspecified atom stereocenters. The number of hydrogen-bond acceptors (Lipinski definition) is 3. The highest BCUT2D eigenvalue weighted by atomic mass is 16.5. The number of nitrogens with one attached hydrogen (secondary N) is 1. The van der Waals surface area contributed by atoms with Gasteiger partial charge in [-0.3, -0.25) is 0 Å². The number of para-hydroxylation sites is 1. The number of benzene rings is 1. The zero-order valence-corrected chi connectivity index (χ0v) is 13.7. The molecule has 1 saturated carbocycles. The van der Waals surface area contributed by atoms with E-state index in [2.05, 4.69) is 37.4 Å². The number of ether oxygens (including phenoxy) is 2. The fourth-order valence-corrected chi connectivity index (χ4v) is 3.07. The predicted octanol–water partition coefficient (Wildman–Crippen LogP) is 3.69. The second-order valence-corrected chi connectivity index (χ2v) is 6.24. The zero-order chi connectivity index (χ0) is 15.1. The van der Waals surface area contributed by atoms with Crippen molar-refractivity contribution in [3.05, 3.63) is 29.3 Å². The standard InChI is InChI=1S/C18H29NO2/c1-14-6-4-9-17(12-14)21-18-15(2)7-5-8-16(18)13-19-10-11-20-3/h5,7-8,14,17,19H,4,6,9-13H2,1-3H3. The minimum atomic E-state index is 0.382. The number of aryl methyl sites for hydroxylation is 1.